The van der Waals surface area contributed by atoms with Crippen molar-refractivity contribution in [2.24, 2.45) is 0 Å². The van der Waals surface area contributed by atoms with Crippen LogP contribution in [-0.4, -0.2) is 9.97 Å². The first-order valence-corrected chi connectivity index (χ1v) is 9.01. The summed E-state index contributed by atoms with van der Waals surface area (Å²) in [6.45, 7) is 0.559. The molecule has 0 spiro atoms. The summed E-state index contributed by atoms with van der Waals surface area (Å²) in [5, 5.41) is 1.11. The van der Waals surface area contributed by atoms with Gasteiger partial charge in [-0.25, -0.2) is 4.98 Å². The summed E-state index contributed by atoms with van der Waals surface area (Å²) >= 11 is 0. The van der Waals surface area contributed by atoms with Gasteiger partial charge in [-0.1, -0.05) is 60.7 Å². The van der Waals surface area contributed by atoms with Gasteiger partial charge in [0.2, 0.25) is 0 Å². The van der Waals surface area contributed by atoms with E-state index < -0.39 is 0 Å². The van der Waals surface area contributed by atoms with Gasteiger partial charge in [0.25, 0.3) is 0 Å². The molecule has 3 heteroatoms. The molecule has 0 aliphatic heterocycles. The molecule has 0 bridgehead atoms. The SMILES string of the molecule is c1ccc(COc2ccc3c(c2)[nH]c2ccc(-c4ccccc4)nc23)cc1. The first kappa shape index (κ1) is 15.6. The molecular weight excluding hydrogens is 332 g/mol. The van der Waals surface area contributed by atoms with Gasteiger partial charge in [0, 0.05) is 17.0 Å². The third kappa shape index (κ3) is 3.04. The Kier molecular flexibility index (Phi) is 3.83. The van der Waals surface area contributed by atoms with Crippen LogP contribution in [0.15, 0.2) is 91.0 Å². The number of fused-ring (bicyclic) bond motifs is 3. The second-order valence-corrected chi connectivity index (χ2v) is 6.57. The predicted molar refractivity (Wildman–Crippen MR) is 110 cm³/mol. The maximum Gasteiger partial charge on any atom is 0.121 e. The van der Waals surface area contributed by atoms with E-state index in [9.17, 15) is 0 Å². The van der Waals surface area contributed by atoms with E-state index in [4.69, 9.17) is 9.72 Å². The van der Waals surface area contributed by atoms with Crippen molar-refractivity contribution in [1.29, 1.82) is 0 Å². The fourth-order valence-electron chi connectivity index (χ4n) is 3.34. The Labute approximate surface area is 157 Å². The first-order valence-electron chi connectivity index (χ1n) is 9.01. The molecule has 130 valence electrons. The number of H-pyrrole nitrogens is 1. The highest BCUT2D eigenvalue weighted by atomic mass is 16.5. The zero-order valence-corrected chi connectivity index (χ0v) is 14.7. The molecule has 0 unspecified atom stereocenters. The predicted octanol–water partition coefficient (Wildman–Crippen LogP) is 5.96. The van der Waals surface area contributed by atoms with Crippen LogP contribution in [0.3, 0.4) is 0 Å². The lowest BCUT2D eigenvalue weighted by Gasteiger charge is -2.06. The Morgan fingerprint density at radius 1 is 0.741 bits per heavy atom. The van der Waals surface area contributed by atoms with Gasteiger partial charge in [-0.15, -0.1) is 0 Å². The molecule has 0 saturated heterocycles. The van der Waals surface area contributed by atoms with Crippen LogP contribution in [0.5, 0.6) is 5.75 Å². The molecule has 5 rings (SSSR count). The molecule has 0 fully saturated rings. The molecular formula is C24H18N2O. The highest BCUT2D eigenvalue weighted by molar-refractivity contribution is 6.05. The molecule has 27 heavy (non-hydrogen) atoms. The van der Waals surface area contributed by atoms with Crippen LogP contribution >= 0.6 is 0 Å². The lowest BCUT2D eigenvalue weighted by molar-refractivity contribution is 0.306. The van der Waals surface area contributed by atoms with E-state index in [0.717, 1.165) is 44.5 Å². The normalized spacial score (nSPS) is 11.1. The zero-order chi connectivity index (χ0) is 18.1. The highest BCUT2D eigenvalue weighted by Crippen LogP contribution is 2.29. The molecule has 2 aromatic heterocycles. The Morgan fingerprint density at radius 2 is 1.52 bits per heavy atom. The summed E-state index contributed by atoms with van der Waals surface area (Å²) in [7, 11) is 0. The van der Waals surface area contributed by atoms with E-state index in [1.165, 1.54) is 0 Å². The Morgan fingerprint density at radius 3 is 2.33 bits per heavy atom. The summed E-state index contributed by atoms with van der Waals surface area (Å²) in [5.41, 5.74) is 6.31. The van der Waals surface area contributed by atoms with Crippen molar-refractivity contribution in [3.8, 4) is 17.0 Å². The second-order valence-electron chi connectivity index (χ2n) is 6.57. The zero-order valence-electron chi connectivity index (χ0n) is 14.7. The van der Waals surface area contributed by atoms with E-state index in [2.05, 4.69) is 47.4 Å². The van der Waals surface area contributed by atoms with Crippen molar-refractivity contribution in [2.45, 2.75) is 6.61 Å². The first-order chi connectivity index (χ1) is 13.4. The van der Waals surface area contributed by atoms with Crippen LogP contribution in [0.2, 0.25) is 0 Å². The van der Waals surface area contributed by atoms with Gasteiger partial charge in [-0.2, -0.15) is 0 Å². The summed E-state index contributed by atoms with van der Waals surface area (Å²) in [5.74, 6) is 0.848. The topological polar surface area (TPSA) is 37.9 Å². The largest absolute Gasteiger partial charge is 0.489 e. The van der Waals surface area contributed by atoms with Crippen LogP contribution in [0, 0.1) is 0 Å². The number of hydrogen-bond donors (Lipinski definition) is 1. The molecule has 0 aliphatic carbocycles. The number of nitrogens with zero attached hydrogens (tertiary/aromatic N) is 1. The molecule has 0 atom stereocenters. The molecule has 5 aromatic rings. The van der Waals surface area contributed by atoms with E-state index in [-0.39, 0.29) is 0 Å². The summed E-state index contributed by atoms with van der Waals surface area (Å²) in [6.07, 6.45) is 0. The van der Waals surface area contributed by atoms with E-state index in [0.29, 0.717) is 6.61 Å². The number of pyridine rings is 1. The highest BCUT2D eigenvalue weighted by Gasteiger charge is 2.09. The standard InChI is InChI=1S/C24H18N2O/c1-3-7-17(8-4-1)16-27-19-11-12-20-23(15-19)25-22-14-13-21(26-24(20)22)18-9-5-2-6-10-18/h1-15,25H,16H2. The van der Waals surface area contributed by atoms with Crippen molar-refractivity contribution in [2.75, 3.05) is 0 Å². The fraction of sp³-hybridized carbons (Fsp3) is 0.0417. The van der Waals surface area contributed by atoms with Crippen molar-refractivity contribution in [3.05, 3.63) is 96.6 Å². The third-order valence-corrected chi connectivity index (χ3v) is 4.73. The number of nitrogens with one attached hydrogen (secondary N) is 1. The van der Waals surface area contributed by atoms with Crippen molar-refractivity contribution >= 4 is 21.9 Å². The minimum Gasteiger partial charge on any atom is -0.489 e. The molecule has 1 N–H and O–H groups in total. The van der Waals surface area contributed by atoms with Crippen LogP contribution < -0.4 is 4.74 Å². The summed E-state index contributed by atoms with van der Waals surface area (Å²) < 4.78 is 5.95. The van der Waals surface area contributed by atoms with Gasteiger partial charge in [-0.05, 0) is 29.8 Å². The third-order valence-electron chi connectivity index (χ3n) is 4.73. The molecule has 0 saturated carbocycles. The molecule has 0 radical (unpaired) electrons. The summed E-state index contributed by atoms with van der Waals surface area (Å²) in [4.78, 5) is 8.34. The average molecular weight is 350 g/mol. The second kappa shape index (κ2) is 6.61. The number of benzene rings is 3. The quantitative estimate of drug-likeness (QED) is 0.434. The van der Waals surface area contributed by atoms with Crippen LogP contribution in [0.1, 0.15) is 5.56 Å². The lowest BCUT2D eigenvalue weighted by atomic mass is 10.1. The fourth-order valence-corrected chi connectivity index (χ4v) is 3.34. The number of rotatable bonds is 4. The minimum absolute atomic E-state index is 0.559. The molecule has 3 aromatic carbocycles. The van der Waals surface area contributed by atoms with Crippen LogP contribution in [0.4, 0.5) is 0 Å². The van der Waals surface area contributed by atoms with Crippen molar-refractivity contribution < 1.29 is 4.74 Å². The van der Waals surface area contributed by atoms with E-state index in [1.54, 1.807) is 0 Å². The Hall–Kier alpha value is -3.59. The Bertz CT molecular complexity index is 1210. The van der Waals surface area contributed by atoms with Gasteiger partial charge in [0.05, 0.1) is 22.2 Å². The molecule has 2 heterocycles. The minimum atomic E-state index is 0.559. The smallest absolute Gasteiger partial charge is 0.121 e. The van der Waals surface area contributed by atoms with Crippen molar-refractivity contribution in [1.82, 2.24) is 9.97 Å². The van der Waals surface area contributed by atoms with E-state index >= 15 is 0 Å². The van der Waals surface area contributed by atoms with Crippen LogP contribution in [0.25, 0.3) is 33.2 Å². The number of aromatic nitrogens is 2. The number of ether oxygens (including phenoxy) is 1. The average Bonchev–Trinajstić information content (AvgIpc) is 3.10. The Balaban J connectivity index is 1.49. The van der Waals surface area contributed by atoms with Gasteiger partial charge in [0.1, 0.15) is 12.4 Å². The number of aromatic amines is 1. The maximum absolute atomic E-state index is 5.95. The monoisotopic (exact) mass is 350 g/mol. The van der Waals surface area contributed by atoms with Crippen LogP contribution in [-0.2, 0) is 6.61 Å². The van der Waals surface area contributed by atoms with Gasteiger partial charge < -0.3 is 9.72 Å². The van der Waals surface area contributed by atoms with Gasteiger partial charge in [-0.3, -0.25) is 0 Å². The molecule has 3 nitrogen and oxygen atoms in total. The van der Waals surface area contributed by atoms with E-state index in [1.807, 2.05) is 48.5 Å². The maximum atomic E-state index is 5.95. The van der Waals surface area contributed by atoms with Crippen molar-refractivity contribution in [3.63, 3.8) is 0 Å². The molecule has 0 aliphatic rings. The lowest BCUT2D eigenvalue weighted by Crippen LogP contribution is -1.94. The molecule has 0 amide bonds. The van der Waals surface area contributed by atoms with Gasteiger partial charge in [0.15, 0.2) is 0 Å². The number of hydrogen-bond acceptors (Lipinski definition) is 2. The summed E-state index contributed by atoms with van der Waals surface area (Å²) in [6, 6.07) is 30.7. The van der Waals surface area contributed by atoms with Gasteiger partial charge >= 0.3 is 0 Å².